The maximum atomic E-state index is 13.5. The molecule has 2 N–H and O–H groups in total. The van der Waals surface area contributed by atoms with Gasteiger partial charge in [0.2, 0.25) is 17.4 Å². The first-order chi connectivity index (χ1) is 12.9. The molecule has 3 amide bonds. The molecule has 6 atom stereocenters. The molecule has 0 radical (unpaired) electrons. The molecule has 0 saturated carbocycles. The van der Waals surface area contributed by atoms with Crippen molar-refractivity contribution < 1.29 is 19.3 Å². The molecule has 6 nitrogen and oxygen atoms in total. The Hall–Kier alpha value is -2.21. The van der Waals surface area contributed by atoms with Gasteiger partial charge in [-0.1, -0.05) is 18.6 Å². The highest BCUT2D eigenvalue weighted by molar-refractivity contribution is 6.14. The van der Waals surface area contributed by atoms with Crippen molar-refractivity contribution in [2.75, 3.05) is 11.9 Å². The zero-order chi connectivity index (χ0) is 19.1. The number of amides is 3. The number of nitrogens with zero attached hydrogens (tertiary/aromatic N) is 1. The van der Waals surface area contributed by atoms with Crippen LogP contribution in [0.1, 0.15) is 44.2 Å². The smallest absolute Gasteiger partial charge is 0.291 e. The zero-order valence-corrected chi connectivity index (χ0v) is 16.0. The number of likely N-dealkylation sites (tertiary alicyclic amines) is 1. The number of hydrogen-bond donors (Lipinski definition) is 2. The lowest BCUT2D eigenvalue weighted by Gasteiger charge is -2.34. The standard InChI is InChI=1S/C21H25N3O3/c1-4-12(3)24-18(25)16-15-6-5-9-23(15)21(17(16)19(24)26)13-10-11(2)7-8-14(13)22-20(21)27/h7-8,10,12,15-17H,4-6,9H2,1-3H3,(H,22,27)/p+1/t12-,15-,16+,17-,21+/m0/s1. The van der Waals surface area contributed by atoms with Crippen LogP contribution >= 0.6 is 0 Å². The van der Waals surface area contributed by atoms with Crippen molar-refractivity contribution in [3.05, 3.63) is 29.3 Å². The van der Waals surface area contributed by atoms with Gasteiger partial charge in [0.25, 0.3) is 5.91 Å². The maximum absolute atomic E-state index is 13.5. The summed E-state index contributed by atoms with van der Waals surface area (Å²) in [5.74, 6) is -1.27. The van der Waals surface area contributed by atoms with Crippen molar-refractivity contribution in [3.8, 4) is 0 Å². The number of anilines is 1. The molecule has 1 aromatic rings. The Morgan fingerprint density at radius 3 is 2.81 bits per heavy atom. The zero-order valence-electron chi connectivity index (χ0n) is 16.0. The van der Waals surface area contributed by atoms with Gasteiger partial charge in [-0.3, -0.25) is 19.3 Å². The molecule has 5 rings (SSSR count). The normalized spacial score (nSPS) is 37.6. The van der Waals surface area contributed by atoms with Gasteiger partial charge in [0.15, 0.2) is 0 Å². The number of imide groups is 1. The molecule has 0 bridgehead atoms. The first kappa shape index (κ1) is 16.9. The van der Waals surface area contributed by atoms with E-state index in [4.69, 9.17) is 0 Å². The van der Waals surface area contributed by atoms with E-state index in [1.165, 1.54) is 4.90 Å². The molecular formula is C21H26N3O3+. The SMILES string of the molecule is CC[C@H](C)N1C(=O)[C@H]2[C@@H](C1=O)[C@]1(C(=O)Nc3ccc(C)cc31)[NH+]1CCC[C@@H]21. The molecule has 0 aromatic heterocycles. The maximum Gasteiger partial charge on any atom is 0.291 e. The Balaban J connectivity index is 1.74. The van der Waals surface area contributed by atoms with Crippen LogP contribution in [0.25, 0.3) is 0 Å². The molecule has 4 heterocycles. The quantitative estimate of drug-likeness (QED) is 0.751. The Bertz CT molecular complexity index is 881. The summed E-state index contributed by atoms with van der Waals surface area (Å²) in [4.78, 5) is 42.9. The van der Waals surface area contributed by atoms with Gasteiger partial charge in [-0.05, 0) is 32.4 Å². The van der Waals surface area contributed by atoms with Crippen LogP contribution in [0.5, 0.6) is 0 Å². The first-order valence-electron chi connectivity index (χ1n) is 10.1. The van der Waals surface area contributed by atoms with Crippen molar-refractivity contribution in [2.45, 2.75) is 57.7 Å². The highest BCUT2D eigenvalue weighted by Gasteiger charge is 2.78. The summed E-state index contributed by atoms with van der Waals surface area (Å²) in [6.07, 6.45) is 2.62. The van der Waals surface area contributed by atoms with E-state index in [1.807, 2.05) is 39.0 Å². The molecule has 1 aromatic carbocycles. The minimum atomic E-state index is -0.956. The summed E-state index contributed by atoms with van der Waals surface area (Å²) in [6, 6.07) is 5.88. The topological polar surface area (TPSA) is 70.9 Å². The monoisotopic (exact) mass is 368 g/mol. The molecule has 6 heteroatoms. The van der Waals surface area contributed by atoms with Gasteiger partial charge in [0.1, 0.15) is 17.9 Å². The molecule has 1 spiro atoms. The Labute approximate surface area is 158 Å². The van der Waals surface area contributed by atoms with Gasteiger partial charge in [-0.15, -0.1) is 0 Å². The summed E-state index contributed by atoms with van der Waals surface area (Å²) in [5.41, 5.74) is 1.82. The third-order valence-corrected chi connectivity index (χ3v) is 7.44. The third-order valence-electron chi connectivity index (χ3n) is 7.44. The van der Waals surface area contributed by atoms with Crippen molar-refractivity contribution in [1.82, 2.24) is 4.90 Å². The van der Waals surface area contributed by atoms with Crippen LogP contribution in [0.3, 0.4) is 0 Å². The van der Waals surface area contributed by atoms with Crippen molar-refractivity contribution in [2.24, 2.45) is 11.8 Å². The fourth-order valence-corrected chi connectivity index (χ4v) is 6.21. The van der Waals surface area contributed by atoms with Gasteiger partial charge in [-0.25, -0.2) is 0 Å². The molecule has 27 heavy (non-hydrogen) atoms. The minimum Gasteiger partial charge on any atom is -0.320 e. The number of aryl methyl sites for hydroxylation is 1. The van der Waals surface area contributed by atoms with E-state index in [0.717, 1.165) is 47.5 Å². The molecule has 1 unspecified atom stereocenters. The average molecular weight is 368 g/mol. The summed E-state index contributed by atoms with van der Waals surface area (Å²) in [7, 11) is 0. The number of benzene rings is 1. The second-order valence-electron chi connectivity index (χ2n) is 8.64. The van der Waals surface area contributed by atoms with Crippen LogP contribution < -0.4 is 10.2 Å². The van der Waals surface area contributed by atoms with Crippen molar-refractivity contribution >= 4 is 23.4 Å². The van der Waals surface area contributed by atoms with Crippen LogP contribution in [0.15, 0.2) is 18.2 Å². The highest BCUT2D eigenvalue weighted by atomic mass is 16.2. The molecule has 4 aliphatic rings. The summed E-state index contributed by atoms with van der Waals surface area (Å²) in [6.45, 7) is 6.76. The van der Waals surface area contributed by atoms with Gasteiger partial charge in [0, 0.05) is 24.4 Å². The van der Waals surface area contributed by atoms with Gasteiger partial charge in [0.05, 0.1) is 12.2 Å². The molecule has 3 saturated heterocycles. The van der Waals surface area contributed by atoms with E-state index in [1.54, 1.807) is 0 Å². The van der Waals surface area contributed by atoms with Crippen LogP contribution in [0.4, 0.5) is 5.69 Å². The van der Waals surface area contributed by atoms with E-state index in [0.29, 0.717) is 0 Å². The van der Waals surface area contributed by atoms with Gasteiger partial charge >= 0.3 is 0 Å². The predicted octanol–water partition coefficient (Wildman–Crippen LogP) is 0.603. The lowest BCUT2D eigenvalue weighted by molar-refractivity contribution is -0.948. The molecule has 0 aliphatic carbocycles. The predicted molar refractivity (Wildman–Crippen MR) is 98.9 cm³/mol. The average Bonchev–Trinajstić information content (AvgIpc) is 3.33. The summed E-state index contributed by atoms with van der Waals surface area (Å²) < 4.78 is 0. The van der Waals surface area contributed by atoms with Crippen LogP contribution in [-0.4, -0.2) is 41.2 Å². The number of rotatable bonds is 2. The lowest BCUT2D eigenvalue weighted by atomic mass is 9.75. The number of quaternary nitrogens is 1. The van der Waals surface area contributed by atoms with Crippen LogP contribution in [0.2, 0.25) is 0 Å². The fraction of sp³-hybridized carbons (Fsp3) is 0.571. The van der Waals surface area contributed by atoms with Crippen LogP contribution in [-0.2, 0) is 19.9 Å². The van der Waals surface area contributed by atoms with Crippen LogP contribution in [0, 0.1) is 18.8 Å². The number of carbonyl (C=O) groups excluding carboxylic acids is 3. The number of carbonyl (C=O) groups is 3. The van der Waals surface area contributed by atoms with Crippen molar-refractivity contribution in [3.63, 3.8) is 0 Å². The Kier molecular flexibility index (Phi) is 3.39. The third kappa shape index (κ3) is 1.82. The number of fused-ring (bicyclic) bond motifs is 7. The Morgan fingerprint density at radius 1 is 1.30 bits per heavy atom. The molecule has 4 aliphatic heterocycles. The van der Waals surface area contributed by atoms with E-state index < -0.39 is 11.5 Å². The second-order valence-corrected chi connectivity index (χ2v) is 8.64. The number of nitrogens with one attached hydrogen (secondary N) is 2. The van der Waals surface area contributed by atoms with Gasteiger partial charge in [-0.2, -0.15) is 0 Å². The molecule has 3 fully saturated rings. The lowest BCUT2D eigenvalue weighted by Crippen LogP contribution is -3.19. The van der Waals surface area contributed by atoms with Gasteiger partial charge < -0.3 is 10.2 Å². The highest BCUT2D eigenvalue weighted by Crippen LogP contribution is 2.52. The van der Waals surface area contributed by atoms with E-state index in [9.17, 15) is 14.4 Å². The minimum absolute atomic E-state index is 0.0534. The van der Waals surface area contributed by atoms with E-state index >= 15 is 0 Å². The number of hydrogen-bond acceptors (Lipinski definition) is 3. The van der Waals surface area contributed by atoms with E-state index in [-0.39, 0.29) is 35.7 Å². The first-order valence-corrected chi connectivity index (χ1v) is 10.1. The Morgan fingerprint density at radius 2 is 2.07 bits per heavy atom. The molecule has 142 valence electrons. The van der Waals surface area contributed by atoms with Crippen molar-refractivity contribution in [1.29, 1.82) is 0 Å². The summed E-state index contributed by atoms with van der Waals surface area (Å²) in [5, 5.41) is 3.03. The summed E-state index contributed by atoms with van der Waals surface area (Å²) >= 11 is 0. The fourth-order valence-electron chi connectivity index (χ4n) is 6.21. The largest absolute Gasteiger partial charge is 0.320 e. The van der Waals surface area contributed by atoms with E-state index in [2.05, 4.69) is 5.32 Å². The second kappa shape index (κ2) is 5.41. The molecular weight excluding hydrogens is 342 g/mol.